The van der Waals surface area contributed by atoms with E-state index in [0.717, 1.165) is 27.8 Å². The maximum atomic E-state index is 11.6. The van der Waals surface area contributed by atoms with Gasteiger partial charge in [-0.25, -0.2) is 0 Å². The van der Waals surface area contributed by atoms with Crippen molar-refractivity contribution in [1.29, 1.82) is 0 Å². The topological polar surface area (TPSA) is 44.8 Å². The molecule has 146 valence electrons. The van der Waals surface area contributed by atoms with E-state index in [9.17, 15) is 4.79 Å². The van der Waals surface area contributed by atoms with Crippen LogP contribution in [0.3, 0.4) is 0 Å². The molecule has 0 aliphatic carbocycles. The van der Waals surface area contributed by atoms with Crippen LogP contribution in [-0.4, -0.2) is 24.8 Å². The van der Waals surface area contributed by atoms with E-state index < -0.39 is 5.60 Å². The van der Waals surface area contributed by atoms with Gasteiger partial charge in [-0.2, -0.15) is 0 Å². The molecule has 2 aromatic rings. The number of benzene rings is 2. The number of rotatable bonds is 9. The summed E-state index contributed by atoms with van der Waals surface area (Å²) in [5.74, 6) is 0.582. The molecule has 0 spiro atoms. The van der Waals surface area contributed by atoms with Gasteiger partial charge < -0.3 is 14.2 Å². The number of carbonyl (C=O) groups is 1. The third-order valence-electron chi connectivity index (χ3n) is 3.64. The molecule has 0 N–H and O–H groups in total. The van der Waals surface area contributed by atoms with Gasteiger partial charge in [0.25, 0.3) is 0 Å². The van der Waals surface area contributed by atoms with Crippen LogP contribution < -0.4 is 4.74 Å². The standard InChI is InChI=1S/C22H27BrO4/c1-22(2,3)27-21(24)12-14-25-13-11-17-9-10-20(19(23)15-17)26-16-18-7-5-4-6-8-18/h4-10,15H,11-14,16H2,1-3H3. The van der Waals surface area contributed by atoms with Gasteiger partial charge in [0.2, 0.25) is 0 Å². The molecule has 0 atom stereocenters. The molecule has 4 nitrogen and oxygen atoms in total. The van der Waals surface area contributed by atoms with Crippen molar-refractivity contribution in [1.82, 2.24) is 0 Å². The Kier molecular flexibility index (Phi) is 8.32. The van der Waals surface area contributed by atoms with E-state index in [0.29, 0.717) is 19.8 Å². The van der Waals surface area contributed by atoms with E-state index in [1.54, 1.807) is 0 Å². The number of esters is 1. The molecule has 0 radical (unpaired) electrons. The Bertz CT molecular complexity index is 723. The summed E-state index contributed by atoms with van der Waals surface area (Å²) >= 11 is 3.56. The fourth-order valence-electron chi connectivity index (χ4n) is 2.39. The molecule has 2 rings (SSSR count). The lowest BCUT2D eigenvalue weighted by atomic mass is 10.1. The van der Waals surface area contributed by atoms with Gasteiger partial charge in [0, 0.05) is 0 Å². The van der Waals surface area contributed by atoms with E-state index in [1.807, 2.05) is 69.3 Å². The van der Waals surface area contributed by atoms with Crippen LogP contribution in [0, 0.1) is 0 Å². The predicted molar refractivity (Wildman–Crippen MR) is 110 cm³/mol. The van der Waals surface area contributed by atoms with Crippen LogP contribution in [0.2, 0.25) is 0 Å². The van der Waals surface area contributed by atoms with Gasteiger partial charge in [0.15, 0.2) is 0 Å². The van der Waals surface area contributed by atoms with Crippen molar-refractivity contribution >= 4 is 21.9 Å². The summed E-state index contributed by atoms with van der Waals surface area (Å²) < 4.78 is 17.6. The van der Waals surface area contributed by atoms with Crippen LogP contribution >= 0.6 is 15.9 Å². The highest BCUT2D eigenvalue weighted by molar-refractivity contribution is 9.10. The molecule has 0 saturated carbocycles. The van der Waals surface area contributed by atoms with Crippen molar-refractivity contribution < 1.29 is 19.0 Å². The first-order valence-corrected chi connectivity index (χ1v) is 9.87. The third kappa shape index (κ3) is 8.59. The average Bonchev–Trinajstić information content (AvgIpc) is 2.60. The Morgan fingerprint density at radius 2 is 1.74 bits per heavy atom. The lowest BCUT2D eigenvalue weighted by Crippen LogP contribution is -2.24. The summed E-state index contributed by atoms with van der Waals surface area (Å²) in [5, 5.41) is 0. The van der Waals surface area contributed by atoms with Crippen LogP contribution in [0.15, 0.2) is 53.0 Å². The number of hydrogen-bond acceptors (Lipinski definition) is 4. The van der Waals surface area contributed by atoms with E-state index in [2.05, 4.69) is 15.9 Å². The van der Waals surface area contributed by atoms with E-state index in [-0.39, 0.29) is 12.4 Å². The summed E-state index contributed by atoms with van der Waals surface area (Å²) in [7, 11) is 0. The van der Waals surface area contributed by atoms with Crippen molar-refractivity contribution in [3.63, 3.8) is 0 Å². The lowest BCUT2D eigenvalue weighted by molar-refractivity contribution is -0.156. The zero-order chi connectivity index (χ0) is 19.7. The summed E-state index contributed by atoms with van der Waals surface area (Å²) in [4.78, 5) is 11.6. The van der Waals surface area contributed by atoms with Gasteiger partial charge >= 0.3 is 5.97 Å². The minimum atomic E-state index is -0.451. The van der Waals surface area contributed by atoms with Crippen molar-refractivity contribution in [2.45, 2.75) is 45.8 Å². The zero-order valence-electron chi connectivity index (χ0n) is 16.2. The Hall–Kier alpha value is -1.85. The van der Waals surface area contributed by atoms with Crippen molar-refractivity contribution in [2.75, 3.05) is 13.2 Å². The maximum Gasteiger partial charge on any atom is 0.308 e. The fourth-order valence-corrected chi connectivity index (χ4v) is 2.93. The second-order valence-corrected chi connectivity index (χ2v) is 8.09. The van der Waals surface area contributed by atoms with Crippen LogP contribution in [0.1, 0.15) is 38.3 Å². The van der Waals surface area contributed by atoms with Crippen LogP contribution in [-0.2, 0) is 27.3 Å². The minimum Gasteiger partial charge on any atom is -0.488 e. The first kappa shape index (κ1) is 21.5. The fraction of sp³-hybridized carbons (Fsp3) is 0.409. The Morgan fingerprint density at radius 1 is 1.00 bits per heavy atom. The van der Waals surface area contributed by atoms with E-state index >= 15 is 0 Å². The normalized spacial score (nSPS) is 11.3. The molecule has 0 saturated heterocycles. The number of ether oxygens (including phenoxy) is 3. The molecular formula is C22H27BrO4. The van der Waals surface area contributed by atoms with Gasteiger partial charge in [0.1, 0.15) is 18.0 Å². The van der Waals surface area contributed by atoms with Crippen molar-refractivity contribution in [3.05, 3.63) is 64.1 Å². The minimum absolute atomic E-state index is 0.231. The molecule has 0 unspecified atom stereocenters. The zero-order valence-corrected chi connectivity index (χ0v) is 17.8. The SMILES string of the molecule is CC(C)(C)OC(=O)CCOCCc1ccc(OCc2ccccc2)c(Br)c1. The first-order chi connectivity index (χ1) is 12.8. The van der Waals surface area contributed by atoms with Crippen LogP contribution in [0.5, 0.6) is 5.75 Å². The van der Waals surface area contributed by atoms with Crippen LogP contribution in [0.25, 0.3) is 0 Å². The Balaban J connectivity index is 1.70. The third-order valence-corrected chi connectivity index (χ3v) is 4.26. The largest absolute Gasteiger partial charge is 0.488 e. The van der Waals surface area contributed by atoms with Gasteiger partial charge in [-0.1, -0.05) is 36.4 Å². The summed E-state index contributed by atoms with van der Waals surface area (Å²) in [5.41, 5.74) is 1.83. The number of hydrogen-bond donors (Lipinski definition) is 0. The molecule has 0 fully saturated rings. The predicted octanol–water partition coefficient (Wildman–Crippen LogP) is 5.32. The summed E-state index contributed by atoms with van der Waals surface area (Å²) in [6.45, 7) is 7.03. The molecule has 0 aromatic heterocycles. The second kappa shape index (κ2) is 10.5. The smallest absolute Gasteiger partial charge is 0.308 e. The van der Waals surface area contributed by atoms with Crippen molar-refractivity contribution in [3.8, 4) is 5.75 Å². The molecule has 0 heterocycles. The summed E-state index contributed by atoms with van der Waals surface area (Å²) in [6, 6.07) is 16.1. The highest BCUT2D eigenvalue weighted by Crippen LogP contribution is 2.27. The van der Waals surface area contributed by atoms with Gasteiger partial charge in [-0.05, 0) is 66.4 Å². The van der Waals surface area contributed by atoms with E-state index in [4.69, 9.17) is 14.2 Å². The Morgan fingerprint density at radius 3 is 2.41 bits per heavy atom. The molecule has 2 aromatic carbocycles. The quantitative estimate of drug-likeness (QED) is 0.395. The molecule has 0 bridgehead atoms. The number of halogens is 1. The highest BCUT2D eigenvalue weighted by atomic mass is 79.9. The van der Waals surface area contributed by atoms with E-state index in [1.165, 1.54) is 0 Å². The molecule has 0 amide bonds. The molecule has 5 heteroatoms. The van der Waals surface area contributed by atoms with Gasteiger partial charge in [0.05, 0.1) is 24.1 Å². The average molecular weight is 435 g/mol. The van der Waals surface area contributed by atoms with Crippen LogP contribution in [0.4, 0.5) is 0 Å². The Labute approximate surface area is 170 Å². The maximum absolute atomic E-state index is 11.6. The molecule has 0 aliphatic rings. The van der Waals surface area contributed by atoms with Crippen molar-refractivity contribution in [2.24, 2.45) is 0 Å². The first-order valence-electron chi connectivity index (χ1n) is 9.08. The lowest BCUT2D eigenvalue weighted by Gasteiger charge is -2.19. The van der Waals surface area contributed by atoms with Gasteiger partial charge in [-0.15, -0.1) is 0 Å². The molecular weight excluding hydrogens is 408 g/mol. The van der Waals surface area contributed by atoms with Gasteiger partial charge in [-0.3, -0.25) is 4.79 Å². The highest BCUT2D eigenvalue weighted by Gasteiger charge is 2.15. The summed E-state index contributed by atoms with van der Waals surface area (Å²) in [6.07, 6.45) is 1.04. The molecule has 27 heavy (non-hydrogen) atoms. The number of carbonyl (C=O) groups excluding carboxylic acids is 1. The monoisotopic (exact) mass is 434 g/mol. The second-order valence-electron chi connectivity index (χ2n) is 7.24. The molecule has 0 aliphatic heterocycles.